The molecule has 110 valence electrons. The van der Waals surface area contributed by atoms with Crippen LogP contribution in [0.1, 0.15) is 5.56 Å². The van der Waals surface area contributed by atoms with E-state index in [1.54, 1.807) is 6.20 Å². The Balaban J connectivity index is 1.67. The Bertz CT molecular complexity index is 748. The molecule has 1 heterocycles. The summed E-state index contributed by atoms with van der Waals surface area (Å²) in [6.45, 7) is 0.642. The van der Waals surface area contributed by atoms with Gasteiger partial charge in [0, 0.05) is 17.3 Å². The first kappa shape index (κ1) is 14.3. The molecule has 0 saturated heterocycles. The van der Waals surface area contributed by atoms with E-state index >= 15 is 0 Å². The maximum absolute atomic E-state index is 5.96. The van der Waals surface area contributed by atoms with Crippen LogP contribution in [0.25, 0.3) is 0 Å². The van der Waals surface area contributed by atoms with E-state index in [0.29, 0.717) is 23.3 Å². The number of hydrogen-bond acceptors (Lipinski definition) is 5. The van der Waals surface area contributed by atoms with Gasteiger partial charge < -0.3 is 10.6 Å². The molecule has 2 aromatic carbocycles. The molecule has 0 fully saturated rings. The van der Waals surface area contributed by atoms with Gasteiger partial charge in [0.15, 0.2) is 5.82 Å². The molecule has 0 aliphatic carbocycles. The van der Waals surface area contributed by atoms with Crippen molar-refractivity contribution in [2.75, 3.05) is 10.6 Å². The predicted octanol–water partition coefficient (Wildman–Crippen LogP) is 3.88. The van der Waals surface area contributed by atoms with Gasteiger partial charge >= 0.3 is 0 Å². The highest BCUT2D eigenvalue weighted by atomic mass is 35.5. The molecular weight excluding hydrogens is 298 g/mol. The van der Waals surface area contributed by atoms with E-state index in [9.17, 15) is 0 Å². The fraction of sp³-hybridized carbons (Fsp3) is 0.0625. The Hall–Kier alpha value is -2.66. The average molecular weight is 312 g/mol. The molecule has 0 aliphatic rings. The number of aromatic nitrogens is 3. The van der Waals surface area contributed by atoms with Crippen molar-refractivity contribution < 1.29 is 0 Å². The highest BCUT2D eigenvalue weighted by Gasteiger charge is 2.02. The Labute approximate surface area is 133 Å². The highest BCUT2D eigenvalue weighted by Crippen LogP contribution is 2.18. The summed E-state index contributed by atoms with van der Waals surface area (Å²) in [7, 11) is 0. The van der Waals surface area contributed by atoms with E-state index in [0.717, 1.165) is 11.3 Å². The molecule has 5 nitrogen and oxygen atoms in total. The van der Waals surface area contributed by atoms with Crippen LogP contribution in [0.4, 0.5) is 17.5 Å². The molecule has 22 heavy (non-hydrogen) atoms. The topological polar surface area (TPSA) is 62.7 Å². The number of nitrogens with one attached hydrogen (secondary N) is 2. The lowest BCUT2D eigenvalue weighted by Gasteiger charge is -2.08. The van der Waals surface area contributed by atoms with E-state index in [1.807, 2.05) is 54.6 Å². The fourth-order valence-corrected chi connectivity index (χ4v) is 2.12. The van der Waals surface area contributed by atoms with E-state index in [4.69, 9.17) is 11.6 Å². The van der Waals surface area contributed by atoms with E-state index in [2.05, 4.69) is 25.8 Å². The number of rotatable bonds is 5. The largest absolute Gasteiger partial charge is 0.349 e. The van der Waals surface area contributed by atoms with Crippen molar-refractivity contribution in [2.45, 2.75) is 6.54 Å². The molecule has 2 N–H and O–H groups in total. The predicted molar refractivity (Wildman–Crippen MR) is 88.3 cm³/mol. The number of anilines is 3. The van der Waals surface area contributed by atoms with Crippen LogP contribution in [-0.4, -0.2) is 15.2 Å². The monoisotopic (exact) mass is 311 g/mol. The van der Waals surface area contributed by atoms with Crippen molar-refractivity contribution >= 4 is 29.1 Å². The first-order valence-corrected chi connectivity index (χ1v) is 7.17. The smallest absolute Gasteiger partial charge is 0.244 e. The third kappa shape index (κ3) is 3.93. The number of hydrogen-bond donors (Lipinski definition) is 2. The summed E-state index contributed by atoms with van der Waals surface area (Å²) in [5.74, 6) is 1.07. The van der Waals surface area contributed by atoms with Gasteiger partial charge in [0.05, 0.1) is 6.20 Å². The third-order valence-corrected chi connectivity index (χ3v) is 3.18. The van der Waals surface area contributed by atoms with Crippen molar-refractivity contribution in [3.63, 3.8) is 0 Å². The zero-order valence-electron chi connectivity index (χ0n) is 11.7. The first-order chi connectivity index (χ1) is 10.8. The summed E-state index contributed by atoms with van der Waals surface area (Å²) in [5.41, 5.74) is 2.00. The lowest BCUT2D eigenvalue weighted by molar-refractivity contribution is 0.949. The molecule has 0 unspecified atom stereocenters. The molecule has 3 aromatic rings. The van der Waals surface area contributed by atoms with Gasteiger partial charge in [0.1, 0.15) is 0 Å². The van der Waals surface area contributed by atoms with E-state index in [-0.39, 0.29) is 0 Å². The maximum Gasteiger partial charge on any atom is 0.244 e. The maximum atomic E-state index is 5.96. The Morgan fingerprint density at radius 3 is 2.68 bits per heavy atom. The Morgan fingerprint density at radius 1 is 1.00 bits per heavy atom. The normalized spacial score (nSPS) is 10.2. The molecule has 0 saturated carbocycles. The quantitative estimate of drug-likeness (QED) is 0.748. The first-order valence-electron chi connectivity index (χ1n) is 6.80. The van der Waals surface area contributed by atoms with Crippen LogP contribution in [0, 0.1) is 0 Å². The SMILES string of the molecule is Clc1cccc(Nc2cnnc(NCc3ccccc3)n2)c1. The van der Waals surface area contributed by atoms with Crippen LogP contribution in [0.15, 0.2) is 60.8 Å². The van der Waals surface area contributed by atoms with Gasteiger partial charge in [-0.15, -0.1) is 5.10 Å². The molecule has 3 rings (SSSR count). The average Bonchev–Trinajstić information content (AvgIpc) is 2.54. The minimum atomic E-state index is 0.468. The van der Waals surface area contributed by atoms with Crippen LogP contribution in [0.2, 0.25) is 5.02 Å². The van der Waals surface area contributed by atoms with Gasteiger partial charge in [-0.2, -0.15) is 10.1 Å². The molecule has 1 aromatic heterocycles. The number of halogens is 1. The van der Waals surface area contributed by atoms with Crippen molar-refractivity contribution in [3.8, 4) is 0 Å². The van der Waals surface area contributed by atoms with E-state index < -0.39 is 0 Å². The molecule has 0 spiro atoms. The van der Waals surface area contributed by atoms with Crippen LogP contribution in [0.5, 0.6) is 0 Å². The molecule has 0 radical (unpaired) electrons. The lowest BCUT2D eigenvalue weighted by atomic mass is 10.2. The van der Waals surface area contributed by atoms with Gasteiger partial charge in [-0.05, 0) is 23.8 Å². The number of nitrogens with zero attached hydrogens (tertiary/aromatic N) is 3. The van der Waals surface area contributed by atoms with Crippen molar-refractivity contribution in [3.05, 3.63) is 71.4 Å². The second-order valence-electron chi connectivity index (χ2n) is 4.64. The summed E-state index contributed by atoms with van der Waals surface area (Å²) >= 11 is 5.96. The highest BCUT2D eigenvalue weighted by molar-refractivity contribution is 6.30. The van der Waals surface area contributed by atoms with Gasteiger partial charge in [0.2, 0.25) is 5.95 Å². The molecule has 0 bridgehead atoms. The van der Waals surface area contributed by atoms with Crippen molar-refractivity contribution in [1.82, 2.24) is 15.2 Å². The Morgan fingerprint density at radius 2 is 1.86 bits per heavy atom. The van der Waals surface area contributed by atoms with Crippen LogP contribution < -0.4 is 10.6 Å². The Kier molecular flexibility index (Phi) is 4.46. The van der Waals surface area contributed by atoms with Crippen LogP contribution >= 0.6 is 11.6 Å². The van der Waals surface area contributed by atoms with Gasteiger partial charge in [0.25, 0.3) is 0 Å². The van der Waals surface area contributed by atoms with Crippen LogP contribution in [-0.2, 0) is 6.54 Å². The van der Waals surface area contributed by atoms with E-state index in [1.165, 1.54) is 0 Å². The van der Waals surface area contributed by atoms with Gasteiger partial charge in [-0.1, -0.05) is 48.0 Å². The minimum Gasteiger partial charge on any atom is -0.349 e. The van der Waals surface area contributed by atoms with Crippen molar-refractivity contribution in [1.29, 1.82) is 0 Å². The number of benzene rings is 2. The lowest BCUT2D eigenvalue weighted by Crippen LogP contribution is -2.06. The van der Waals surface area contributed by atoms with Gasteiger partial charge in [-0.25, -0.2) is 0 Å². The molecule has 0 atom stereocenters. The second kappa shape index (κ2) is 6.87. The molecular formula is C16H14ClN5. The minimum absolute atomic E-state index is 0.468. The summed E-state index contributed by atoms with van der Waals surface area (Å²) in [4.78, 5) is 4.37. The molecule has 0 aliphatic heterocycles. The zero-order chi connectivity index (χ0) is 15.2. The molecule has 0 amide bonds. The molecule has 6 heteroatoms. The fourth-order valence-electron chi connectivity index (χ4n) is 1.93. The van der Waals surface area contributed by atoms with Crippen molar-refractivity contribution in [2.24, 2.45) is 0 Å². The zero-order valence-corrected chi connectivity index (χ0v) is 12.5. The summed E-state index contributed by atoms with van der Waals surface area (Å²) in [6, 6.07) is 17.5. The standard InChI is InChI=1S/C16H14ClN5/c17-13-7-4-8-14(9-13)20-15-11-19-22-16(21-15)18-10-12-5-2-1-3-6-12/h1-9,11H,10H2,(H2,18,20,21,22). The van der Waals surface area contributed by atoms with Crippen LogP contribution in [0.3, 0.4) is 0 Å². The summed E-state index contributed by atoms with van der Waals surface area (Å²) in [5, 5.41) is 14.9. The summed E-state index contributed by atoms with van der Waals surface area (Å²) in [6.07, 6.45) is 1.56. The summed E-state index contributed by atoms with van der Waals surface area (Å²) < 4.78 is 0. The van der Waals surface area contributed by atoms with Gasteiger partial charge in [-0.3, -0.25) is 0 Å². The third-order valence-electron chi connectivity index (χ3n) is 2.95. The second-order valence-corrected chi connectivity index (χ2v) is 5.08.